The molecule has 0 fully saturated rings. The van der Waals surface area contributed by atoms with Gasteiger partial charge >= 0.3 is 0 Å². The Morgan fingerprint density at radius 3 is 1.91 bits per heavy atom. The lowest BCUT2D eigenvalue weighted by molar-refractivity contribution is 0.723. The Morgan fingerprint density at radius 2 is 1.09 bits per heavy atom. The minimum absolute atomic E-state index is 0.464. The maximum Gasteiger partial charge on any atom is 0.138 e. The number of para-hydroxylation sites is 1. The van der Waals surface area contributed by atoms with Crippen molar-refractivity contribution < 1.29 is 0 Å². The summed E-state index contributed by atoms with van der Waals surface area (Å²) in [7, 11) is 0. The summed E-state index contributed by atoms with van der Waals surface area (Å²) >= 11 is 1.90. The van der Waals surface area contributed by atoms with E-state index in [0.29, 0.717) is 0 Å². The number of aromatic nitrogens is 2. The minimum Gasteiger partial charge on any atom is -0.294 e. The molecule has 8 aromatic carbocycles. The molecule has 2 aliphatic rings. The van der Waals surface area contributed by atoms with Crippen LogP contribution in [0.5, 0.6) is 0 Å². The normalized spacial score (nSPS) is 13.7. The van der Waals surface area contributed by atoms with Crippen molar-refractivity contribution in [2.45, 2.75) is 15.2 Å². The second-order valence-corrected chi connectivity index (χ2v) is 15.3. The average molecular weight is 691 g/mol. The summed E-state index contributed by atoms with van der Waals surface area (Å²) in [6.45, 7) is 0. The SMILES string of the molecule is c1ccc(-c2cc(-n3c4cc5c(cc4c4c6ccccc6ccc43)Sc3ccccc3C53c4ccccc4-c4ccccc43)nc3ccccc23)cc1. The highest BCUT2D eigenvalue weighted by Gasteiger charge is 2.50. The number of hydrogen-bond acceptors (Lipinski definition) is 2. The Hall–Kier alpha value is -6.42. The summed E-state index contributed by atoms with van der Waals surface area (Å²) < 4.78 is 2.43. The molecule has 53 heavy (non-hydrogen) atoms. The van der Waals surface area contributed by atoms with Crippen LogP contribution in [0.2, 0.25) is 0 Å². The van der Waals surface area contributed by atoms with E-state index in [9.17, 15) is 0 Å². The van der Waals surface area contributed by atoms with Crippen LogP contribution >= 0.6 is 11.8 Å². The van der Waals surface area contributed by atoms with Crippen LogP contribution < -0.4 is 0 Å². The average Bonchev–Trinajstić information content (AvgIpc) is 3.71. The quantitative estimate of drug-likeness (QED) is 0.180. The number of rotatable bonds is 2. The minimum atomic E-state index is -0.464. The van der Waals surface area contributed by atoms with E-state index < -0.39 is 5.41 Å². The van der Waals surface area contributed by atoms with Crippen molar-refractivity contribution in [3.63, 3.8) is 0 Å². The lowest BCUT2D eigenvalue weighted by Crippen LogP contribution is -2.32. The van der Waals surface area contributed by atoms with Gasteiger partial charge in [-0.1, -0.05) is 157 Å². The van der Waals surface area contributed by atoms with Gasteiger partial charge in [0.2, 0.25) is 0 Å². The van der Waals surface area contributed by atoms with Crippen LogP contribution in [0.4, 0.5) is 0 Å². The highest BCUT2D eigenvalue weighted by atomic mass is 32.2. The highest BCUT2D eigenvalue weighted by Crippen LogP contribution is 2.62. The van der Waals surface area contributed by atoms with Crippen molar-refractivity contribution in [1.29, 1.82) is 0 Å². The molecule has 0 radical (unpaired) electrons. The smallest absolute Gasteiger partial charge is 0.138 e. The summed E-state index contributed by atoms with van der Waals surface area (Å²) in [5.74, 6) is 0.919. The molecule has 2 nitrogen and oxygen atoms in total. The first-order chi connectivity index (χ1) is 26.3. The monoisotopic (exact) mass is 690 g/mol. The molecule has 10 aromatic rings. The van der Waals surface area contributed by atoms with E-state index >= 15 is 0 Å². The van der Waals surface area contributed by atoms with E-state index in [2.05, 4.69) is 187 Å². The third kappa shape index (κ3) is 3.87. The molecule has 0 unspecified atom stereocenters. The molecule has 0 saturated heterocycles. The van der Waals surface area contributed by atoms with Crippen LogP contribution in [-0.4, -0.2) is 9.55 Å². The first-order valence-electron chi connectivity index (χ1n) is 18.2. The zero-order chi connectivity index (χ0) is 34.7. The van der Waals surface area contributed by atoms with Crippen LogP contribution in [0.3, 0.4) is 0 Å². The van der Waals surface area contributed by atoms with Crippen molar-refractivity contribution in [2.24, 2.45) is 0 Å². The fraction of sp³-hybridized carbons (Fsp3) is 0.0200. The van der Waals surface area contributed by atoms with Crippen molar-refractivity contribution >= 4 is 55.2 Å². The van der Waals surface area contributed by atoms with Gasteiger partial charge in [-0.25, -0.2) is 4.98 Å². The Morgan fingerprint density at radius 1 is 0.434 bits per heavy atom. The molecule has 0 N–H and O–H groups in total. The maximum absolute atomic E-state index is 5.45. The second kappa shape index (κ2) is 10.8. The summed E-state index contributed by atoms with van der Waals surface area (Å²) in [4.78, 5) is 8.06. The Kier molecular flexibility index (Phi) is 5.95. The summed E-state index contributed by atoms with van der Waals surface area (Å²) in [6.07, 6.45) is 0. The standard InChI is InChI=1S/C50H30N2S/c1-2-14-31(15-3-1)37-29-48(51-43-24-12-8-20-36(37)43)52-44-27-26-32-16-4-5-17-33(32)49(44)38-28-47-42(30-45(38)52)50(41-23-11-13-25-46(41)53-47)39-21-9-6-18-34(39)35-19-7-10-22-40(35)50/h1-30H. The number of hydrogen-bond donors (Lipinski definition) is 0. The second-order valence-electron chi connectivity index (χ2n) is 14.2. The Balaban J connectivity index is 1.26. The Labute approximate surface area is 311 Å². The first-order valence-corrected chi connectivity index (χ1v) is 19.0. The van der Waals surface area contributed by atoms with E-state index in [0.717, 1.165) is 27.8 Å². The molecular formula is C50H30N2S. The predicted molar refractivity (Wildman–Crippen MR) is 220 cm³/mol. The lowest BCUT2D eigenvalue weighted by Gasteiger charge is -2.39. The topological polar surface area (TPSA) is 17.8 Å². The van der Waals surface area contributed by atoms with Crippen LogP contribution in [0.1, 0.15) is 22.3 Å². The third-order valence-corrected chi connectivity index (χ3v) is 12.8. The fourth-order valence-corrected chi connectivity index (χ4v) is 10.7. The van der Waals surface area contributed by atoms with Gasteiger partial charge in [-0.2, -0.15) is 0 Å². The first kappa shape index (κ1) is 29.2. The van der Waals surface area contributed by atoms with Gasteiger partial charge < -0.3 is 0 Å². The van der Waals surface area contributed by atoms with E-state index in [1.54, 1.807) is 0 Å². The Bertz CT molecular complexity index is 3110. The van der Waals surface area contributed by atoms with E-state index in [1.807, 2.05) is 11.8 Å². The largest absolute Gasteiger partial charge is 0.294 e. The van der Waals surface area contributed by atoms with Gasteiger partial charge in [-0.15, -0.1) is 0 Å². The van der Waals surface area contributed by atoms with Gasteiger partial charge in [0.25, 0.3) is 0 Å². The van der Waals surface area contributed by atoms with Gasteiger partial charge in [-0.05, 0) is 91.7 Å². The van der Waals surface area contributed by atoms with Gasteiger partial charge in [0.1, 0.15) is 5.82 Å². The van der Waals surface area contributed by atoms with Crippen LogP contribution in [0.15, 0.2) is 192 Å². The zero-order valence-corrected chi connectivity index (χ0v) is 29.4. The molecule has 3 heterocycles. The molecule has 1 aliphatic heterocycles. The van der Waals surface area contributed by atoms with Gasteiger partial charge in [0.05, 0.1) is 22.0 Å². The third-order valence-electron chi connectivity index (χ3n) is 11.6. The van der Waals surface area contributed by atoms with Crippen molar-refractivity contribution in [1.82, 2.24) is 9.55 Å². The molecule has 0 saturated carbocycles. The summed E-state index contributed by atoms with van der Waals surface area (Å²) in [5, 5.41) is 6.15. The van der Waals surface area contributed by atoms with Crippen molar-refractivity contribution in [2.75, 3.05) is 0 Å². The molecule has 0 bridgehead atoms. The number of pyridine rings is 1. The van der Waals surface area contributed by atoms with Gasteiger partial charge in [0, 0.05) is 25.9 Å². The lowest BCUT2D eigenvalue weighted by atomic mass is 9.67. The molecule has 1 aliphatic carbocycles. The molecule has 12 rings (SSSR count). The maximum atomic E-state index is 5.45. The summed E-state index contributed by atoms with van der Waals surface area (Å²) in [6, 6.07) is 67.1. The van der Waals surface area contributed by atoms with E-state index in [-0.39, 0.29) is 0 Å². The molecule has 0 atom stereocenters. The van der Waals surface area contributed by atoms with E-state index in [1.165, 1.54) is 75.8 Å². The van der Waals surface area contributed by atoms with E-state index in [4.69, 9.17) is 4.98 Å². The van der Waals surface area contributed by atoms with Crippen molar-refractivity contribution in [3.8, 4) is 28.1 Å². The number of nitrogens with zero attached hydrogens (tertiary/aromatic N) is 2. The molecule has 0 amide bonds. The molecule has 3 heteroatoms. The number of fused-ring (bicyclic) bond motifs is 15. The predicted octanol–water partition coefficient (Wildman–Crippen LogP) is 13.0. The van der Waals surface area contributed by atoms with Crippen LogP contribution in [0, 0.1) is 0 Å². The van der Waals surface area contributed by atoms with Crippen LogP contribution in [-0.2, 0) is 5.41 Å². The fourth-order valence-electron chi connectivity index (χ4n) is 9.51. The molecule has 1 spiro atoms. The molecular weight excluding hydrogens is 661 g/mol. The van der Waals surface area contributed by atoms with Gasteiger partial charge in [-0.3, -0.25) is 4.57 Å². The van der Waals surface area contributed by atoms with Crippen LogP contribution in [0.25, 0.3) is 71.6 Å². The van der Waals surface area contributed by atoms with Crippen molar-refractivity contribution in [3.05, 3.63) is 204 Å². The molecule has 2 aromatic heterocycles. The highest BCUT2D eigenvalue weighted by molar-refractivity contribution is 7.99. The number of benzene rings is 8. The molecule has 246 valence electrons. The zero-order valence-electron chi connectivity index (χ0n) is 28.6. The van der Waals surface area contributed by atoms with Gasteiger partial charge in [0.15, 0.2) is 0 Å². The summed E-state index contributed by atoms with van der Waals surface area (Å²) in [5.41, 5.74) is 13.2.